The number of aliphatic hydroxyl groups is 2. The highest BCUT2D eigenvalue weighted by atomic mass is 16.3. The molecule has 2 aliphatic rings. The Morgan fingerprint density at radius 2 is 2.00 bits per heavy atom. The third-order valence-corrected chi connectivity index (χ3v) is 4.47. The molecule has 3 atom stereocenters. The number of carbonyl (C=O) groups excluding carboxylic acids is 1. The molecule has 17 heavy (non-hydrogen) atoms. The number of carbonyl (C=O) groups is 1. The molecule has 0 aromatic heterocycles. The van der Waals surface area contributed by atoms with E-state index in [2.05, 4.69) is 13.8 Å². The van der Waals surface area contributed by atoms with E-state index in [1.54, 1.807) is 13.0 Å². The normalized spacial score (nSPS) is 40.1. The van der Waals surface area contributed by atoms with Crippen LogP contribution in [-0.2, 0) is 4.79 Å². The predicted molar refractivity (Wildman–Crippen MR) is 65.4 cm³/mol. The van der Waals surface area contributed by atoms with Gasteiger partial charge >= 0.3 is 0 Å². The molecule has 0 aromatic carbocycles. The average Bonchev–Trinajstić information content (AvgIpc) is 2.53. The van der Waals surface area contributed by atoms with Crippen molar-refractivity contribution in [1.29, 1.82) is 0 Å². The van der Waals surface area contributed by atoms with Gasteiger partial charge in [-0.05, 0) is 43.3 Å². The highest BCUT2D eigenvalue weighted by molar-refractivity contribution is 5.94. The van der Waals surface area contributed by atoms with Crippen molar-refractivity contribution in [3.8, 4) is 0 Å². The minimum atomic E-state index is -0.935. The zero-order chi connectivity index (χ0) is 12.8. The molecule has 2 aliphatic carbocycles. The van der Waals surface area contributed by atoms with Gasteiger partial charge in [-0.25, -0.2) is 0 Å². The van der Waals surface area contributed by atoms with Crippen molar-refractivity contribution >= 4 is 5.78 Å². The fraction of sp³-hybridized carbons (Fsp3) is 0.786. The molecule has 3 nitrogen and oxygen atoms in total. The lowest BCUT2D eigenvalue weighted by Crippen LogP contribution is -2.44. The molecule has 2 rings (SSSR count). The molecule has 0 amide bonds. The largest absolute Gasteiger partial charge is 0.396 e. The molecule has 3 heteroatoms. The molecule has 0 radical (unpaired) electrons. The summed E-state index contributed by atoms with van der Waals surface area (Å²) in [7, 11) is 0. The van der Waals surface area contributed by atoms with E-state index in [-0.39, 0.29) is 29.6 Å². The second kappa shape index (κ2) is 3.92. The Morgan fingerprint density at radius 1 is 1.35 bits per heavy atom. The van der Waals surface area contributed by atoms with Crippen LogP contribution < -0.4 is 0 Å². The molecule has 2 N–H and O–H groups in total. The molecule has 96 valence electrons. The van der Waals surface area contributed by atoms with Crippen LogP contribution >= 0.6 is 0 Å². The minimum absolute atomic E-state index is 0.0107. The predicted octanol–water partition coefficient (Wildman–Crippen LogP) is 1.68. The summed E-state index contributed by atoms with van der Waals surface area (Å²) >= 11 is 0. The van der Waals surface area contributed by atoms with Gasteiger partial charge < -0.3 is 10.2 Å². The number of hydrogen-bond donors (Lipinski definition) is 2. The van der Waals surface area contributed by atoms with E-state index < -0.39 is 5.60 Å². The molecule has 0 spiro atoms. The van der Waals surface area contributed by atoms with E-state index in [0.29, 0.717) is 12.0 Å². The molecule has 0 heterocycles. The van der Waals surface area contributed by atoms with Crippen LogP contribution in [0.3, 0.4) is 0 Å². The lowest BCUT2D eigenvalue weighted by molar-refractivity contribution is -0.124. The number of hydrogen-bond acceptors (Lipinski definition) is 3. The number of aliphatic hydroxyl groups excluding tert-OH is 1. The van der Waals surface area contributed by atoms with Gasteiger partial charge in [0.1, 0.15) is 0 Å². The van der Waals surface area contributed by atoms with E-state index >= 15 is 0 Å². The summed E-state index contributed by atoms with van der Waals surface area (Å²) in [5, 5.41) is 19.7. The van der Waals surface area contributed by atoms with Crippen LogP contribution in [-0.4, -0.2) is 28.2 Å². The Morgan fingerprint density at radius 3 is 2.59 bits per heavy atom. The maximum atomic E-state index is 12.1. The van der Waals surface area contributed by atoms with Crippen molar-refractivity contribution in [3.63, 3.8) is 0 Å². The fourth-order valence-corrected chi connectivity index (χ4v) is 3.56. The van der Waals surface area contributed by atoms with E-state index in [4.69, 9.17) is 5.11 Å². The van der Waals surface area contributed by atoms with Gasteiger partial charge in [-0.3, -0.25) is 4.79 Å². The zero-order valence-corrected chi connectivity index (χ0v) is 10.9. The van der Waals surface area contributed by atoms with Gasteiger partial charge in [0.15, 0.2) is 5.78 Å². The fourth-order valence-electron chi connectivity index (χ4n) is 3.56. The first-order valence-corrected chi connectivity index (χ1v) is 6.36. The van der Waals surface area contributed by atoms with Crippen molar-refractivity contribution in [2.24, 2.45) is 17.3 Å². The number of allylic oxidation sites excluding steroid dienone is 1. The number of rotatable bonds is 2. The van der Waals surface area contributed by atoms with Crippen LogP contribution in [0.2, 0.25) is 0 Å². The van der Waals surface area contributed by atoms with Crippen molar-refractivity contribution in [2.75, 3.05) is 6.61 Å². The molecular formula is C14H22O3. The third kappa shape index (κ3) is 2.06. The number of fused-ring (bicyclic) bond motifs is 1. The van der Waals surface area contributed by atoms with Crippen molar-refractivity contribution in [3.05, 3.63) is 11.6 Å². The zero-order valence-electron chi connectivity index (χ0n) is 10.9. The van der Waals surface area contributed by atoms with Gasteiger partial charge in [0.2, 0.25) is 0 Å². The second-order valence-electron chi connectivity index (χ2n) is 6.48. The number of ketones is 1. The van der Waals surface area contributed by atoms with Crippen LogP contribution in [0.1, 0.15) is 40.0 Å². The van der Waals surface area contributed by atoms with Gasteiger partial charge in [0.05, 0.1) is 5.60 Å². The Hall–Kier alpha value is -0.670. The van der Waals surface area contributed by atoms with Crippen LogP contribution in [0.4, 0.5) is 0 Å². The first-order chi connectivity index (χ1) is 7.78. The maximum Gasteiger partial charge on any atom is 0.159 e. The lowest BCUT2D eigenvalue weighted by atomic mass is 9.69. The van der Waals surface area contributed by atoms with Gasteiger partial charge in [0, 0.05) is 18.4 Å². The second-order valence-corrected chi connectivity index (χ2v) is 6.48. The Balaban J connectivity index is 2.35. The summed E-state index contributed by atoms with van der Waals surface area (Å²) in [5.41, 5.74) is -0.115. The van der Waals surface area contributed by atoms with E-state index in [9.17, 15) is 9.90 Å². The highest BCUT2D eigenvalue weighted by Crippen LogP contribution is 2.53. The summed E-state index contributed by atoms with van der Waals surface area (Å²) in [6, 6.07) is 0. The lowest BCUT2D eigenvalue weighted by Gasteiger charge is -2.39. The Bertz CT molecular complexity index is 366. The van der Waals surface area contributed by atoms with Gasteiger partial charge in [-0.2, -0.15) is 0 Å². The van der Waals surface area contributed by atoms with Gasteiger partial charge in [-0.1, -0.05) is 13.8 Å². The van der Waals surface area contributed by atoms with Gasteiger partial charge in [-0.15, -0.1) is 0 Å². The van der Waals surface area contributed by atoms with Crippen LogP contribution in [0, 0.1) is 17.3 Å². The molecular weight excluding hydrogens is 216 g/mol. The quantitative estimate of drug-likeness (QED) is 0.769. The smallest absolute Gasteiger partial charge is 0.159 e. The molecule has 1 fully saturated rings. The summed E-state index contributed by atoms with van der Waals surface area (Å²) in [5.74, 6) is 0.106. The molecule has 0 saturated heterocycles. The SMILES string of the molecule is CC1(C)C[C@H]2C(=O)C=C(CCO)[C@](C)(O)[C@H]2C1. The Kier molecular flexibility index (Phi) is 2.95. The van der Waals surface area contributed by atoms with Crippen molar-refractivity contribution in [1.82, 2.24) is 0 Å². The van der Waals surface area contributed by atoms with E-state index in [0.717, 1.165) is 12.8 Å². The van der Waals surface area contributed by atoms with Crippen LogP contribution in [0.25, 0.3) is 0 Å². The third-order valence-electron chi connectivity index (χ3n) is 4.47. The van der Waals surface area contributed by atoms with Crippen molar-refractivity contribution in [2.45, 2.75) is 45.6 Å². The monoisotopic (exact) mass is 238 g/mol. The molecule has 0 aromatic rings. The standard InChI is InChI=1S/C14H22O3/c1-13(2)7-10-11(8-13)14(3,17)9(4-5-15)6-12(10)16/h6,10-11,15,17H,4-5,7-8H2,1-3H3/t10-,11+,14+/m1/s1. The van der Waals surface area contributed by atoms with Crippen LogP contribution in [0.5, 0.6) is 0 Å². The maximum absolute atomic E-state index is 12.1. The molecule has 1 saturated carbocycles. The summed E-state index contributed by atoms with van der Waals surface area (Å²) in [6.45, 7) is 6.08. The molecule has 0 unspecified atom stereocenters. The summed E-state index contributed by atoms with van der Waals surface area (Å²) in [4.78, 5) is 12.1. The first-order valence-electron chi connectivity index (χ1n) is 6.36. The minimum Gasteiger partial charge on any atom is -0.396 e. The van der Waals surface area contributed by atoms with Crippen LogP contribution in [0.15, 0.2) is 11.6 Å². The van der Waals surface area contributed by atoms with Gasteiger partial charge in [0.25, 0.3) is 0 Å². The first kappa shape index (κ1) is 12.8. The van der Waals surface area contributed by atoms with Crippen molar-refractivity contribution < 1.29 is 15.0 Å². The van der Waals surface area contributed by atoms with E-state index in [1.165, 1.54) is 0 Å². The Labute approximate surface area is 103 Å². The molecule has 0 bridgehead atoms. The average molecular weight is 238 g/mol. The topological polar surface area (TPSA) is 57.5 Å². The van der Waals surface area contributed by atoms with E-state index in [1.807, 2.05) is 0 Å². The summed E-state index contributed by atoms with van der Waals surface area (Å²) < 4.78 is 0. The summed E-state index contributed by atoms with van der Waals surface area (Å²) in [6.07, 6.45) is 3.69. The molecule has 0 aliphatic heterocycles. The highest BCUT2D eigenvalue weighted by Gasteiger charge is 2.53.